The average molecular weight is 310 g/mol. The van der Waals surface area contributed by atoms with Crippen LogP contribution in [0.4, 0.5) is 10.2 Å². The molecule has 0 saturated carbocycles. The minimum absolute atomic E-state index is 0.321. The third-order valence-electron chi connectivity index (χ3n) is 2.50. The molecular weight excluding hydrogens is 297 g/mol. The van der Waals surface area contributed by atoms with Gasteiger partial charge in [0.05, 0.1) is 12.2 Å². The van der Waals surface area contributed by atoms with Gasteiger partial charge in [-0.3, -0.25) is 4.98 Å². The summed E-state index contributed by atoms with van der Waals surface area (Å²) in [6.07, 6.45) is 1.58. The zero-order chi connectivity index (χ0) is 13.1. The van der Waals surface area contributed by atoms with Crippen molar-refractivity contribution in [3.8, 4) is 0 Å². The van der Waals surface area contributed by atoms with Crippen molar-refractivity contribution in [2.45, 2.75) is 13.5 Å². The van der Waals surface area contributed by atoms with Gasteiger partial charge in [0.1, 0.15) is 0 Å². The molecule has 0 unspecified atom stereocenters. The Morgan fingerprint density at radius 2 is 2.17 bits per heavy atom. The summed E-state index contributed by atoms with van der Waals surface area (Å²) in [5, 5.41) is 0. The number of hydrogen-bond acceptors (Lipinski definition) is 3. The van der Waals surface area contributed by atoms with Crippen molar-refractivity contribution in [3.63, 3.8) is 0 Å². The summed E-state index contributed by atoms with van der Waals surface area (Å²) >= 11 is 3.19. The van der Waals surface area contributed by atoms with E-state index in [1.807, 2.05) is 25.1 Å². The first-order valence-electron chi connectivity index (χ1n) is 5.51. The Morgan fingerprint density at radius 1 is 1.39 bits per heavy atom. The topological polar surface area (TPSA) is 29.0 Å². The van der Waals surface area contributed by atoms with E-state index in [0.29, 0.717) is 16.8 Å². The molecule has 0 spiro atoms. The molecule has 0 amide bonds. The maximum atomic E-state index is 13.7. The fraction of sp³-hybridized carbons (Fsp3) is 0.231. The predicted octanol–water partition coefficient (Wildman–Crippen LogP) is 3.32. The third kappa shape index (κ3) is 3.04. The largest absolute Gasteiger partial charge is 0.351 e. The van der Waals surface area contributed by atoms with Gasteiger partial charge in [-0.2, -0.15) is 0 Å². The number of aryl methyl sites for hydroxylation is 1. The molecule has 0 aliphatic heterocycles. The molecule has 0 radical (unpaired) electrons. The van der Waals surface area contributed by atoms with Crippen molar-refractivity contribution in [3.05, 3.63) is 52.1 Å². The molecule has 94 valence electrons. The van der Waals surface area contributed by atoms with Crippen LogP contribution in [0.3, 0.4) is 0 Å². The van der Waals surface area contributed by atoms with Gasteiger partial charge < -0.3 is 4.90 Å². The summed E-state index contributed by atoms with van der Waals surface area (Å²) in [6.45, 7) is 2.45. The van der Waals surface area contributed by atoms with Crippen LogP contribution in [0.5, 0.6) is 0 Å². The second-order valence-corrected chi connectivity index (χ2v) is 5.00. The number of nitrogens with zero attached hydrogens (tertiary/aromatic N) is 3. The molecule has 2 heterocycles. The van der Waals surface area contributed by atoms with E-state index in [0.717, 1.165) is 11.4 Å². The Labute approximate surface area is 114 Å². The van der Waals surface area contributed by atoms with Gasteiger partial charge in [0.15, 0.2) is 11.6 Å². The van der Waals surface area contributed by atoms with Crippen LogP contribution >= 0.6 is 15.9 Å². The highest BCUT2D eigenvalue weighted by Crippen LogP contribution is 2.20. The van der Waals surface area contributed by atoms with Crippen molar-refractivity contribution in [2.75, 3.05) is 11.9 Å². The van der Waals surface area contributed by atoms with Crippen LogP contribution in [-0.2, 0) is 6.54 Å². The van der Waals surface area contributed by atoms with Crippen molar-refractivity contribution in [1.29, 1.82) is 0 Å². The van der Waals surface area contributed by atoms with Crippen LogP contribution in [-0.4, -0.2) is 17.0 Å². The standard InChI is InChI=1S/C13H13BrFN3/c1-9-4-3-5-11(17-9)8-18(2)13-12(15)6-10(14)7-16-13/h3-7H,8H2,1-2H3. The maximum absolute atomic E-state index is 13.7. The van der Waals surface area contributed by atoms with Crippen molar-refractivity contribution < 1.29 is 4.39 Å². The molecule has 2 rings (SSSR count). The number of rotatable bonds is 3. The van der Waals surface area contributed by atoms with E-state index in [1.54, 1.807) is 18.1 Å². The van der Waals surface area contributed by atoms with Crippen molar-refractivity contribution in [1.82, 2.24) is 9.97 Å². The number of aromatic nitrogens is 2. The maximum Gasteiger partial charge on any atom is 0.166 e. The molecule has 0 aliphatic rings. The Balaban J connectivity index is 2.19. The highest BCUT2D eigenvalue weighted by atomic mass is 79.9. The molecule has 0 aliphatic carbocycles. The Morgan fingerprint density at radius 3 is 2.83 bits per heavy atom. The van der Waals surface area contributed by atoms with E-state index in [9.17, 15) is 4.39 Å². The second kappa shape index (κ2) is 5.44. The van der Waals surface area contributed by atoms with Crippen LogP contribution in [0.2, 0.25) is 0 Å². The van der Waals surface area contributed by atoms with Gasteiger partial charge >= 0.3 is 0 Å². The lowest BCUT2D eigenvalue weighted by Crippen LogP contribution is -2.19. The molecule has 0 saturated heterocycles. The van der Waals surface area contributed by atoms with Gasteiger partial charge in [-0.1, -0.05) is 6.07 Å². The fourth-order valence-corrected chi connectivity index (χ4v) is 2.00. The molecule has 0 bridgehead atoms. The molecule has 2 aromatic rings. The molecule has 5 heteroatoms. The number of hydrogen-bond donors (Lipinski definition) is 0. The van der Waals surface area contributed by atoms with E-state index in [2.05, 4.69) is 25.9 Å². The quantitative estimate of drug-likeness (QED) is 0.871. The molecule has 18 heavy (non-hydrogen) atoms. The van der Waals surface area contributed by atoms with Gasteiger partial charge in [0, 0.05) is 23.4 Å². The molecule has 0 N–H and O–H groups in total. The third-order valence-corrected chi connectivity index (χ3v) is 2.93. The first kappa shape index (κ1) is 13.0. The van der Waals surface area contributed by atoms with Crippen LogP contribution in [0.15, 0.2) is 34.9 Å². The minimum Gasteiger partial charge on any atom is -0.351 e. The lowest BCUT2D eigenvalue weighted by Gasteiger charge is -2.18. The Kier molecular flexibility index (Phi) is 3.91. The minimum atomic E-state index is -0.348. The second-order valence-electron chi connectivity index (χ2n) is 4.09. The summed E-state index contributed by atoms with van der Waals surface area (Å²) in [7, 11) is 1.79. The molecule has 3 nitrogen and oxygen atoms in total. The molecule has 2 aromatic heterocycles. The first-order valence-corrected chi connectivity index (χ1v) is 6.30. The van der Waals surface area contributed by atoms with Gasteiger partial charge in [-0.25, -0.2) is 9.37 Å². The molecule has 0 aromatic carbocycles. The van der Waals surface area contributed by atoms with E-state index < -0.39 is 0 Å². The lowest BCUT2D eigenvalue weighted by atomic mass is 10.3. The van der Waals surface area contributed by atoms with E-state index >= 15 is 0 Å². The SMILES string of the molecule is Cc1cccc(CN(C)c2ncc(Br)cc2F)n1. The smallest absolute Gasteiger partial charge is 0.166 e. The average Bonchev–Trinajstić information content (AvgIpc) is 2.28. The highest BCUT2D eigenvalue weighted by molar-refractivity contribution is 9.10. The van der Waals surface area contributed by atoms with E-state index in [-0.39, 0.29) is 5.82 Å². The van der Waals surface area contributed by atoms with E-state index in [4.69, 9.17) is 0 Å². The van der Waals surface area contributed by atoms with Gasteiger partial charge in [0.25, 0.3) is 0 Å². The summed E-state index contributed by atoms with van der Waals surface area (Å²) in [4.78, 5) is 10.2. The van der Waals surface area contributed by atoms with Gasteiger partial charge in [0.2, 0.25) is 0 Å². The van der Waals surface area contributed by atoms with Crippen LogP contribution in [0.1, 0.15) is 11.4 Å². The molecule has 0 atom stereocenters. The number of halogens is 2. The highest BCUT2D eigenvalue weighted by Gasteiger charge is 2.10. The summed E-state index contributed by atoms with van der Waals surface area (Å²) in [5.41, 5.74) is 1.84. The zero-order valence-electron chi connectivity index (χ0n) is 10.2. The van der Waals surface area contributed by atoms with Crippen LogP contribution in [0.25, 0.3) is 0 Å². The normalized spacial score (nSPS) is 10.4. The predicted molar refractivity (Wildman–Crippen MR) is 73.0 cm³/mol. The van der Waals surface area contributed by atoms with Crippen LogP contribution in [0, 0.1) is 12.7 Å². The van der Waals surface area contributed by atoms with Crippen LogP contribution < -0.4 is 4.90 Å². The lowest BCUT2D eigenvalue weighted by molar-refractivity contribution is 0.613. The molecule has 0 fully saturated rings. The zero-order valence-corrected chi connectivity index (χ0v) is 11.8. The van der Waals surface area contributed by atoms with Crippen molar-refractivity contribution in [2.24, 2.45) is 0 Å². The van der Waals surface area contributed by atoms with Gasteiger partial charge in [-0.15, -0.1) is 0 Å². The Hall–Kier alpha value is -1.49. The molecular formula is C13H13BrFN3. The monoisotopic (exact) mass is 309 g/mol. The number of pyridine rings is 2. The summed E-state index contributed by atoms with van der Waals surface area (Å²) in [6, 6.07) is 7.20. The summed E-state index contributed by atoms with van der Waals surface area (Å²) < 4.78 is 14.4. The first-order chi connectivity index (χ1) is 8.56. The summed E-state index contributed by atoms with van der Waals surface area (Å²) in [5.74, 6) is -0.0268. The number of anilines is 1. The van der Waals surface area contributed by atoms with E-state index in [1.165, 1.54) is 6.07 Å². The van der Waals surface area contributed by atoms with Gasteiger partial charge in [-0.05, 0) is 41.1 Å². The fourth-order valence-electron chi connectivity index (χ4n) is 1.69. The van der Waals surface area contributed by atoms with Crippen molar-refractivity contribution >= 4 is 21.7 Å². The Bertz CT molecular complexity index is 560.